The normalized spacial score (nSPS) is 20.0. The van der Waals surface area contributed by atoms with Crippen LogP contribution in [0.1, 0.15) is 26.3 Å². The van der Waals surface area contributed by atoms with Crippen molar-refractivity contribution in [3.05, 3.63) is 35.9 Å². The van der Waals surface area contributed by atoms with Gasteiger partial charge in [0.15, 0.2) is 18.0 Å². The minimum absolute atomic E-state index is 0.0578. The van der Waals surface area contributed by atoms with Gasteiger partial charge < -0.3 is 25.3 Å². The molecule has 8 heteroatoms. The van der Waals surface area contributed by atoms with Gasteiger partial charge in [0.05, 0.1) is 31.3 Å². The number of epoxide rings is 1. The molecular formula is C21H30N2O6. The Hall–Kier alpha value is -2.29. The van der Waals surface area contributed by atoms with Gasteiger partial charge in [0, 0.05) is 6.54 Å². The van der Waals surface area contributed by atoms with E-state index in [1.807, 2.05) is 44.2 Å². The maximum absolute atomic E-state index is 12.9. The van der Waals surface area contributed by atoms with E-state index >= 15 is 0 Å². The van der Waals surface area contributed by atoms with Gasteiger partial charge in [-0.05, 0) is 32.8 Å². The van der Waals surface area contributed by atoms with Gasteiger partial charge in [0.1, 0.15) is 0 Å². The van der Waals surface area contributed by atoms with Crippen LogP contribution in [0.15, 0.2) is 30.3 Å². The molecule has 1 aromatic carbocycles. The number of hydrogen-bond donors (Lipinski definition) is 2. The van der Waals surface area contributed by atoms with E-state index in [-0.39, 0.29) is 31.6 Å². The van der Waals surface area contributed by atoms with E-state index in [1.165, 1.54) is 0 Å². The second kappa shape index (κ2) is 11.0. The SMILES string of the molecule is CCOC(=O)[C@H]1O[C@@H]1C(=O)NC[C@@H](COC(C)C)C(=O)[C@@H](N)Cc1ccccc1. The van der Waals surface area contributed by atoms with Gasteiger partial charge in [-0.1, -0.05) is 30.3 Å². The van der Waals surface area contributed by atoms with Crippen molar-refractivity contribution in [2.45, 2.75) is 51.5 Å². The predicted molar refractivity (Wildman–Crippen MR) is 106 cm³/mol. The third-order valence-electron chi connectivity index (χ3n) is 4.49. The van der Waals surface area contributed by atoms with Crippen LogP contribution in [-0.2, 0) is 35.0 Å². The number of amides is 1. The van der Waals surface area contributed by atoms with Crippen LogP contribution in [0, 0.1) is 5.92 Å². The first-order valence-corrected chi connectivity index (χ1v) is 9.88. The fourth-order valence-electron chi connectivity index (χ4n) is 2.86. The summed E-state index contributed by atoms with van der Waals surface area (Å²) in [5.41, 5.74) is 7.09. The van der Waals surface area contributed by atoms with E-state index in [1.54, 1.807) is 6.92 Å². The second-order valence-corrected chi connectivity index (χ2v) is 7.25. The minimum Gasteiger partial charge on any atom is -0.464 e. The Kier molecular flexibility index (Phi) is 8.75. The van der Waals surface area contributed by atoms with Crippen molar-refractivity contribution < 1.29 is 28.6 Å². The average molecular weight is 406 g/mol. The lowest BCUT2D eigenvalue weighted by Crippen LogP contribution is -2.45. The number of ether oxygens (including phenoxy) is 3. The number of nitrogens with one attached hydrogen (secondary N) is 1. The molecule has 8 nitrogen and oxygen atoms in total. The molecule has 4 atom stereocenters. The van der Waals surface area contributed by atoms with Crippen LogP contribution < -0.4 is 11.1 Å². The highest BCUT2D eigenvalue weighted by Gasteiger charge is 2.51. The van der Waals surface area contributed by atoms with Crippen LogP contribution >= 0.6 is 0 Å². The molecule has 1 aliphatic rings. The highest BCUT2D eigenvalue weighted by Crippen LogP contribution is 2.23. The largest absolute Gasteiger partial charge is 0.464 e. The van der Waals surface area contributed by atoms with Gasteiger partial charge in [-0.25, -0.2) is 4.79 Å². The summed E-state index contributed by atoms with van der Waals surface area (Å²) >= 11 is 0. The quantitative estimate of drug-likeness (QED) is 0.385. The smallest absolute Gasteiger partial charge is 0.338 e. The van der Waals surface area contributed by atoms with E-state index in [2.05, 4.69) is 5.32 Å². The first-order chi connectivity index (χ1) is 13.8. The molecule has 0 aliphatic carbocycles. The third kappa shape index (κ3) is 7.23. The van der Waals surface area contributed by atoms with Crippen molar-refractivity contribution in [1.29, 1.82) is 0 Å². The first-order valence-electron chi connectivity index (χ1n) is 9.88. The van der Waals surface area contributed by atoms with Gasteiger partial charge in [-0.15, -0.1) is 0 Å². The molecule has 0 radical (unpaired) electrons. The fourth-order valence-corrected chi connectivity index (χ4v) is 2.86. The van der Waals surface area contributed by atoms with Crippen LogP contribution in [0.4, 0.5) is 0 Å². The predicted octanol–water partition coefficient (Wildman–Crippen LogP) is 0.613. The van der Waals surface area contributed by atoms with Gasteiger partial charge in [0.2, 0.25) is 0 Å². The van der Waals surface area contributed by atoms with E-state index in [0.717, 1.165) is 5.56 Å². The molecule has 0 unspecified atom stereocenters. The molecule has 0 bridgehead atoms. The van der Waals surface area contributed by atoms with Crippen molar-refractivity contribution in [1.82, 2.24) is 5.32 Å². The van der Waals surface area contributed by atoms with Crippen molar-refractivity contribution in [2.24, 2.45) is 11.7 Å². The number of hydrogen-bond acceptors (Lipinski definition) is 7. The Bertz CT molecular complexity index is 694. The topological polar surface area (TPSA) is 120 Å². The lowest BCUT2D eigenvalue weighted by atomic mass is 9.94. The van der Waals surface area contributed by atoms with Crippen LogP contribution in [0.2, 0.25) is 0 Å². The van der Waals surface area contributed by atoms with Gasteiger partial charge in [0.25, 0.3) is 5.91 Å². The summed E-state index contributed by atoms with van der Waals surface area (Å²) in [5, 5.41) is 2.67. The number of Topliss-reactive ketones (excluding diaryl/α,β-unsaturated/α-hetero) is 1. The molecule has 29 heavy (non-hydrogen) atoms. The standard InChI is InChI=1S/C21H30N2O6/c1-4-27-21(26)19-18(29-19)20(25)23-11-15(12-28-13(2)3)17(24)16(22)10-14-8-6-5-7-9-14/h5-9,13,15-16,18-19H,4,10-12,22H2,1-3H3,(H,23,25)/t15-,16-,18-,19-/m0/s1. The first kappa shape index (κ1) is 23.0. The molecule has 1 amide bonds. The van der Waals surface area contributed by atoms with E-state index in [4.69, 9.17) is 19.9 Å². The average Bonchev–Trinajstić information content (AvgIpc) is 3.49. The third-order valence-corrected chi connectivity index (χ3v) is 4.49. The number of esters is 1. The molecular weight excluding hydrogens is 376 g/mol. The second-order valence-electron chi connectivity index (χ2n) is 7.25. The molecule has 1 saturated heterocycles. The minimum atomic E-state index is -0.881. The lowest BCUT2D eigenvalue weighted by Gasteiger charge is -2.21. The van der Waals surface area contributed by atoms with Gasteiger partial charge in [-0.3, -0.25) is 9.59 Å². The van der Waals surface area contributed by atoms with E-state index in [0.29, 0.717) is 6.42 Å². The monoisotopic (exact) mass is 406 g/mol. The van der Waals surface area contributed by atoms with Crippen LogP contribution in [0.25, 0.3) is 0 Å². The summed E-state index contributed by atoms with van der Waals surface area (Å²) in [6.45, 7) is 5.83. The number of carbonyl (C=O) groups is 3. The number of rotatable bonds is 12. The zero-order chi connectivity index (χ0) is 21.4. The van der Waals surface area contributed by atoms with E-state index < -0.39 is 36.0 Å². The van der Waals surface area contributed by atoms with E-state index in [9.17, 15) is 14.4 Å². The molecule has 1 aromatic rings. The zero-order valence-corrected chi connectivity index (χ0v) is 17.1. The molecule has 3 N–H and O–H groups in total. The lowest BCUT2D eigenvalue weighted by molar-refractivity contribution is -0.144. The van der Waals surface area contributed by atoms with Gasteiger partial charge >= 0.3 is 5.97 Å². The number of carbonyl (C=O) groups excluding carboxylic acids is 3. The van der Waals surface area contributed by atoms with Crippen LogP contribution in [0.3, 0.4) is 0 Å². The zero-order valence-electron chi connectivity index (χ0n) is 17.1. The highest BCUT2D eigenvalue weighted by atomic mass is 16.6. The maximum atomic E-state index is 12.9. The Morgan fingerprint density at radius 1 is 1.17 bits per heavy atom. The fraction of sp³-hybridized carbons (Fsp3) is 0.571. The molecule has 2 rings (SSSR count). The molecule has 0 aromatic heterocycles. The Balaban J connectivity index is 1.90. The number of ketones is 1. The van der Waals surface area contributed by atoms with Crippen LogP contribution in [0.5, 0.6) is 0 Å². The Labute approximate surface area is 171 Å². The van der Waals surface area contributed by atoms with Crippen molar-refractivity contribution in [3.8, 4) is 0 Å². The molecule has 160 valence electrons. The maximum Gasteiger partial charge on any atom is 0.338 e. The van der Waals surface area contributed by atoms with Crippen molar-refractivity contribution in [3.63, 3.8) is 0 Å². The summed E-state index contributed by atoms with van der Waals surface area (Å²) in [4.78, 5) is 36.7. The van der Waals surface area contributed by atoms with Crippen molar-refractivity contribution in [2.75, 3.05) is 19.8 Å². The van der Waals surface area contributed by atoms with Crippen molar-refractivity contribution >= 4 is 17.7 Å². The summed E-state index contributed by atoms with van der Waals surface area (Å²) in [6.07, 6.45) is -1.42. The number of benzene rings is 1. The molecule has 1 heterocycles. The van der Waals surface area contributed by atoms with Crippen LogP contribution in [-0.4, -0.2) is 61.8 Å². The summed E-state index contributed by atoms with van der Waals surface area (Å²) < 4.78 is 15.5. The molecule has 0 spiro atoms. The summed E-state index contributed by atoms with van der Waals surface area (Å²) in [7, 11) is 0. The molecule has 0 saturated carbocycles. The summed E-state index contributed by atoms with van der Waals surface area (Å²) in [5.74, 6) is -1.80. The molecule has 1 fully saturated rings. The summed E-state index contributed by atoms with van der Waals surface area (Å²) in [6, 6.07) is 8.79. The highest BCUT2D eigenvalue weighted by molar-refractivity contribution is 5.93. The molecule has 1 aliphatic heterocycles. The van der Waals surface area contributed by atoms with Gasteiger partial charge in [-0.2, -0.15) is 0 Å². The Morgan fingerprint density at radius 2 is 1.86 bits per heavy atom. The Morgan fingerprint density at radius 3 is 2.48 bits per heavy atom. The number of nitrogens with two attached hydrogens (primary N) is 1.